The number of hydrogen-bond acceptors (Lipinski definition) is 3. The first-order valence-corrected chi connectivity index (χ1v) is 11.6. The van der Waals surface area contributed by atoms with Crippen molar-refractivity contribution in [2.75, 3.05) is 19.0 Å². The maximum atomic E-state index is 13.9. The van der Waals surface area contributed by atoms with Gasteiger partial charge in [-0.25, -0.2) is 12.7 Å². The van der Waals surface area contributed by atoms with E-state index in [0.29, 0.717) is 22.5 Å². The fourth-order valence-corrected chi connectivity index (χ4v) is 4.53. The molecule has 0 bridgehead atoms. The van der Waals surface area contributed by atoms with E-state index in [2.05, 4.69) is 0 Å². The predicted octanol–water partition coefficient (Wildman–Crippen LogP) is 5.38. The first kappa shape index (κ1) is 21.7. The van der Waals surface area contributed by atoms with Crippen molar-refractivity contribution >= 4 is 38.1 Å². The summed E-state index contributed by atoms with van der Waals surface area (Å²) in [7, 11) is -0.722. The molecular formula is C26H24N2O3S. The van der Waals surface area contributed by atoms with Crippen LogP contribution in [0.2, 0.25) is 0 Å². The Kier molecular flexibility index (Phi) is 5.82. The molecule has 0 saturated heterocycles. The normalized spacial score (nSPS) is 11.6. The molecule has 32 heavy (non-hydrogen) atoms. The second-order valence-corrected chi connectivity index (χ2v) is 9.92. The van der Waals surface area contributed by atoms with Crippen LogP contribution in [0.3, 0.4) is 0 Å². The molecule has 4 aromatic carbocycles. The summed E-state index contributed by atoms with van der Waals surface area (Å²) in [4.78, 5) is 15.6. The fourth-order valence-electron chi connectivity index (χ4n) is 3.60. The lowest BCUT2D eigenvalue weighted by Crippen LogP contribution is -2.27. The SMILES string of the molecule is Cc1ccc(S(=O)(=O)N(C)C)cc1C(=O)N(c1ccccc1)c1ccc2ccccc2c1. The molecule has 0 N–H and O–H groups in total. The summed E-state index contributed by atoms with van der Waals surface area (Å²) in [6.45, 7) is 1.81. The molecule has 0 fully saturated rings. The lowest BCUT2D eigenvalue weighted by Gasteiger charge is -2.25. The van der Waals surface area contributed by atoms with Crippen molar-refractivity contribution in [3.05, 3.63) is 102 Å². The second kappa shape index (κ2) is 8.57. The van der Waals surface area contributed by atoms with Gasteiger partial charge in [0.25, 0.3) is 5.91 Å². The molecule has 0 heterocycles. The Morgan fingerprint density at radius 1 is 0.719 bits per heavy atom. The van der Waals surface area contributed by atoms with Gasteiger partial charge in [0.05, 0.1) is 4.90 Å². The van der Waals surface area contributed by atoms with Gasteiger partial charge in [0.2, 0.25) is 10.0 Å². The quantitative estimate of drug-likeness (QED) is 0.415. The van der Waals surface area contributed by atoms with Crippen molar-refractivity contribution in [3.63, 3.8) is 0 Å². The molecule has 162 valence electrons. The van der Waals surface area contributed by atoms with Crippen molar-refractivity contribution < 1.29 is 13.2 Å². The standard InChI is InChI=1S/C26H24N2O3S/c1-19-13-16-24(32(30,31)27(2)3)18-25(19)26(29)28(22-11-5-4-6-12-22)23-15-14-20-9-7-8-10-21(20)17-23/h4-18H,1-3H3. The van der Waals surface area contributed by atoms with E-state index in [4.69, 9.17) is 0 Å². The summed E-state index contributed by atoms with van der Waals surface area (Å²) < 4.78 is 26.5. The minimum Gasteiger partial charge on any atom is -0.277 e. The molecule has 5 nitrogen and oxygen atoms in total. The number of rotatable bonds is 5. The number of para-hydroxylation sites is 1. The van der Waals surface area contributed by atoms with E-state index in [1.807, 2.05) is 79.7 Å². The number of nitrogens with zero attached hydrogens (tertiary/aromatic N) is 2. The molecule has 4 rings (SSSR count). The van der Waals surface area contributed by atoms with Crippen LogP contribution in [0, 0.1) is 6.92 Å². The summed E-state index contributed by atoms with van der Waals surface area (Å²) in [5.74, 6) is -0.292. The maximum absolute atomic E-state index is 13.9. The Morgan fingerprint density at radius 2 is 1.38 bits per heavy atom. The van der Waals surface area contributed by atoms with Gasteiger partial charge in [-0.05, 0) is 59.7 Å². The summed E-state index contributed by atoms with van der Waals surface area (Å²) >= 11 is 0. The van der Waals surface area contributed by atoms with Crippen molar-refractivity contribution in [1.29, 1.82) is 0 Å². The van der Waals surface area contributed by atoms with E-state index in [1.54, 1.807) is 11.0 Å². The van der Waals surface area contributed by atoms with E-state index < -0.39 is 10.0 Å². The third kappa shape index (κ3) is 4.02. The highest BCUT2D eigenvalue weighted by molar-refractivity contribution is 7.89. The van der Waals surface area contributed by atoms with Crippen LogP contribution in [0.4, 0.5) is 11.4 Å². The van der Waals surface area contributed by atoms with E-state index in [1.165, 1.54) is 26.2 Å². The van der Waals surface area contributed by atoms with E-state index in [0.717, 1.165) is 15.1 Å². The van der Waals surface area contributed by atoms with Gasteiger partial charge in [0, 0.05) is 31.0 Å². The van der Waals surface area contributed by atoms with Crippen LogP contribution < -0.4 is 4.90 Å². The largest absolute Gasteiger partial charge is 0.277 e. The summed E-state index contributed by atoms with van der Waals surface area (Å²) in [6.07, 6.45) is 0. The molecule has 0 unspecified atom stereocenters. The zero-order valence-corrected chi connectivity index (χ0v) is 19.0. The van der Waals surface area contributed by atoms with Crippen LogP contribution in [-0.2, 0) is 10.0 Å². The number of anilines is 2. The summed E-state index contributed by atoms with van der Waals surface area (Å²) in [5.41, 5.74) is 2.45. The van der Waals surface area contributed by atoms with Crippen molar-refractivity contribution in [1.82, 2.24) is 4.31 Å². The van der Waals surface area contributed by atoms with Crippen LogP contribution in [0.5, 0.6) is 0 Å². The molecule has 0 atom stereocenters. The Morgan fingerprint density at radius 3 is 2.06 bits per heavy atom. The molecular weight excluding hydrogens is 420 g/mol. The zero-order valence-electron chi connectivity index (χ0n) is 18.2. The number of amides is 1. The lowest BCUT2D eigenvalue weighted by molar-refractivity contribution is 0.0998. The first-order chi connectivity index (χ1) is 15.3. The molecule has 0 spiro atoms. The molecule has 4 aromatic rings. The number of carbonyl (C=O) groups excluding carboxylic acids is 1. The Balaban J connectivity index is 1.88. The van der Waals surface area contributed by atoms with Crippen LogP contribution in [-0.4, -0.2) is 32.7 Å². The highest BCUT2D eigenvalue weighted by Crippen LogP contribution is 2.31. The van der Waals surface area contributed by atoms with Crippen LogP contribution in [0.25, 0.3) is 10.8 Å². The molecule has 0 radical (unpaired) electrons. The summed E-state index contributed by atoms with van der Waals surface area (Å²) in [5, 5.41) is 2.09. The Labute approximate surface area is 188 Å². The third-order valence-corrected chi connectivity index (χ3v) is 7.24. The molecule has 1 amide bonds. The monoisotopic (exact) mass is 444 g/mol. The Hall–Kier alpha value is -3.48. The number of fused-ring (bicyclic) bond motifs is 1. The van der Waals surface area contributed by atoms with Gasteiger partial charge in [0.1, 0.15) is 0 Å². The molecule has 0 aliphatic heterocycles. The molecule has 0 aliphatic rings. The minimum absolute atomic E-state index is 0.0861. The van der Waals surface area contributed by atoms with Gasteiger partial charge in [-0.15, -0.1) is 0 Å². The predicted molar refractivity (Wildman–Crippen MR) is 129 cm³/mol. The number of sulfonamides is 1. The highest BCUT2D eigenvalue weighted by atomic mass is 32.2. The van der Waals surface area contributed by atoms with Crippen molar-refractivity contribution in [2.45, 2.75) is 11.8 Å². The van der Waals surface area contributed by atoms with Crippen molar-refractivity contribution in [3.8, 4) is 0 Å². The van der Waals surface area contributed by atoms with E-state index >= 15 is 0 Å². The first-order valence-electron chi connectivity index (χ1n) is 10.2. The highest BCUT2D eigenvalue weighted by Gasteiger charge is 2.25. The van der Waals surface area contributed by atoms with Gasteiger partial charge < -0.3 is 0 Å². The zero-order chi connectivity index (χ0) is 22.9. The minimum atomic E-state index is -3.67. The van der Waals surface area contributed by atoms with Gasteiger partial charge in [-0.1, -0.05) is 54.6 Å². The van der Waals surface area contributed by atoms with Gasteiger partial charge in [-0.3, -0.25) is 9.69 Å². The van der Waals surface area contributed by atoms with Crippen LogP contribution in [0.1, 0.15) is 15.9 Å². The average molecular weight is 445 g/mol. The van der Waals surface area contributed by atoms with Gasteiger partial charge in [-0.2, -0.15) is 0 Å². The number of aryl methyl sites for hydroxylation is 1. The maximum Gasteiger partial charge on any atom is 0.263 e. The van der Waals surface area contributed by atoms with E-state index in [9.17, 15) is 13.2 Å². The molecule has 0 aromatic heterocycles. The van der Waals surface area contributed by atoms with Crippen LogP contribution >= 0.6 is 0 Å². The lowest BCUT2D eigenvalue weighted by atomic mass is 10.1. The number of hydrogen-bond donors (Lipinski definition) is 0. The smallest absolute Gasteiger partial charge is 0.263 e. The second-order valence-electron chi connectivity index (χ2n) is 7.77. The van der Waals surface area contributed by atoms with E-state index in [-0.39, 0.29) is 10.8 Å². The average Bonchev–Trinajstić information content (AvgIpc) is 2.80. The van der Waals surface area contributed by atoms with Gasteiger partial charge >= 0.3 is 0 Å². The molecule has 0 saturated carbocycles. The summed E-state index contributed by atoms with van der Waals surface area (Å²) in [6, 6.07) is 27.8. The molecule has 0 aliphatic carbocycles. The number of benzene rings is 4. The van der Waals surface area contributed by atoms with Crippen molar-refractivity contribution in [2.24, 2.45) is 0 Å². The fraction of sp³-hybridized carbons (Fsp3) is 0.115. The Bertz CT molecular complexity index is 1400. The topological polar surface area (TPSA) is 57.7 Å². The third-order valence-electron chi connectivity index (χ3n) is 5.43. The van der Waals surface area contributed by atoms with Gasteiger partial charge in [0.15, 0.2) is 0 Å². The number of carbonyl (C=O) groups is 1. The van der Waals surface area contributed by atoms with Crippen LogP contribution in [0.15, 0.2) is 95.9 Å². The molecule has 6 heteroatoms.